The predicted molar refractivity (Wildman–Crippen MR) is 114 cm³/mol. The van der Waals surface area contributed by atoms with Gasteiger partial charge in [0.05, 0.1) is 0 Å². The van der Waals surface area contributed by atoms with E-state index in [9.17, 15) is 4.79 Å². The first-order chi connectivity index (χ1) is 13.3. The van der Waals surface area contributed by atoms with Crippen molar-refractivity contribution in [1.82, 2.24) is 10.6 Å². The summed E-state index contributed by atoms with van der Waals surface area (Å²) < 4.78 is 5.98. The molecule has 2 atom stereocenters. The SMILES string of the molecule is Cl.O=C(CC1CC2CCC(C1)N2)NCc1ccccc1OCc1ccccc1. The quantitative estimate of drug-likeness (QED) is 0.731. The fourth-order valence-corrected chi connectivity index (χ4v) is 4.40. The third kappa shape index (κ3) is 5.49. The van der Waals surface area contributed by atoms with Gasteiger partial charge in [0.25, 0.3) is 0 Å². The van der Waals surface area contributed by atoms with E-state index in [0.29, 0.717) is 37.6 Å². The van der Waals surface area contributed by atoms with Crippen LogP contribution in [0.4, 0.5) is 0 Å². The van der Waals surface area contributed by atoms with Crippen LogP contribution in [0.1, 0.15) is 43.2 Å². The van der Waals surface area contributed by atoms with E-state index in [1.54, 1.807) is 0 Å². The first-order valence-corrected chi connectivity index (χ1v) is 10.0. The Bertz CT molecular complexity index is 756. The molecule has 2 aliphatic rings. The molecule has 28 heavy (non-hydrogen) atoms. The molecule has 2 N–H and O–H groups in total. The summed E-state index contributed by atoms with van der Waals surface area (Å²) in [7, 11) is 0. The summed E-state index contributed by atoms with van der Waals surface area (Å²) in [6, 6.07) is 19.3. The van der Waals surface area contributed by atoms with E-state index in [-0.39, 0.29) is 18.3 Å². The van der Waals surface area contributed by atoms with Crippen molar-refractivity contribution in [2.75, 3.05) is 0 Å². The van der Waals surface area contributed by atoms with Crippen LogP contribution >= 0.6 is 12.4 Å². The Morgan fingerprint density at radius 3 is 2.43 bits per heavy atom. The molecule has 2 saturated heterocycles. The van der Waals surface area contributed by atoms with Gasteiger partial charge in [-0.1, -0.05) is 48.5 Å². The van der Waals surface area contributed by atoms with Crippen LogP contribution in [0.3, 0.4) is 0 Å². The lowest BCUT2D eigenvalue weighted by Crippen LogP contribution is -2.39. The van der Waals surface area contributed by atoms with Gasteiger partial charge in [-0.15, -0.1) is 12.4 Å². The number of hydrogen-bond acceptors (Lipinski definition) is 3. The molecule has 0 aliphatic carbocycles. The maximum absolute atomic E-state index is 12.4. The lowest BCUT2D eigenvalue weighted by Gasteiger charge is -2.28. The van der Waals surface area contributed by atoms with Gasteiger partial charge in [0.2, 0.25) is 5.91 Å². The average molecular weight is 401 g/mol. The van der Waals surface area contributed by atoms with E-state index in [0.717, 1.165) is 29.7 Å². The Balaban J connectivity index is 0.00000225. The van der Waals surface area contributed by atoms with Crippen LogP contribution in [0.15, 0.2) is 54.6 Å². The monoisotopic (exact) mass is 400 g/mol. The average Bonchev–Trinajstić information content (AvgIpc) is 3.04. The second kappa shape index (κ2) is 9.94. The van der Waals surface area contributed by atoms with Gasteiger partial charge in [0.15, 0.2) is 0 Å². The first-order valence-electron chi connectivity index (χ1n) is 10.0. The molecule has 4 nitrogen and oxygen atoms in total. The number of rotatable bonds is 7. The summed E-state index contributed by atoms with van der Waals surface area (Å²) in [5.74, 6) is 1.51. The molecule has 1 amide bonds. The number of nitrogens with one attached hydrogen (secondary N) is 2. The number of piperidine rings is 1. The molecule has 2 aliphatic heterocycles. The van der Waals surface area contributed by atoms with E-state index in [1.807, 2.05) is 42.5 Å². The Morgan fingerprint density at radius 2 is 1.68 bits per heavy atom. The Labute approximate surface area is 173 Å². The predicted octanol–water partition coefficient (Wildman–Crippen LogP) is 4.22. The van der Waals surface area contributed by atoms with Gasteiger partial charge in [-0.2, -0.15) is 0 Å². The van der Waals surface area contributed by atoms with Crippen LogP contribution in [0.5, 0.6) is 5.75 Å². The van der Waals surface area contributed by atoms with Crippen molar-refractivity contribution >= 4 is 18.3 Å². The van der Waals surface area contributed by atoms with Gasteiger partial charge >= 0.3 is 0 Å². The van der Waals surface area contributed by atoms with Crippen LogP contribution < -0.4 is 15.4 Å². The highest BCUT2D eigenvalue weighted by molar-refractivity contribution is 5.85. The molecule has 2 fully saturated rings. The molecule has 0 radical (unpaired) electrons. The van der Waals surface area contributed by atoms with Crippen molar-refractivity contribution in [3.63, 3.8) is 0 Å². The van der Waals surface area contributed by atoms with Crippen molar-refractivity contribution in [1.29, 1.82) is 0 Å². The molecule has 2 aromatic rings. The van der Waals surface area contributed by atoms with Crippen molar-refractivity contribution in [3.05, 3.63) is 65.7 Å². The van der Waals surface area contributed by atoms with Gasteiger partial charge in [-0.3, -0.25) is 4.79 Å². The van der Waals surface area contributed by atoms with Gasteiger partial charge < -0.3 is 15.4 Å². The molecule has 0 aromatic heterocycles. The van der Waals surface area contributed by atoms with E-state index in [2.05, 4.69) is 22.8 Å². The number of ether oxygens (including phenoxy) is 1. The number of fused-ring (bicyclic) bond motifs is 2. The Hall–Kier alpha value is -2.04. The summed E-state index contributed by atoms with van der Waals surface area (Å²) in [5, 5.41) is 6.73. The fourth-order valence-electron chi connectivity index (χ4n) is 4.40. The number of carbonyl (C=O) groups is 1. The van der Waals surface area contributed by atoms with Gasteiger partial charge in [0, 0.05) is 30.6 Å². The second-order valence-electron chi connectivity index (χ2n) is 7.84. The number of benzene rings is 2. The zero-order valence-electron chi connectivity index (χ0n) is 16.1. The molecule has 2 heterocycles. The third-order valence-electron chi connectivity index (χ3n) is 5.73. The molecule has 0 saturated carbocycles. The van der Waals surface area contributed by atoms with Crippen molar-refractivity contribution in [2.24, 2.45) is 5.92 Å². The minimum absolute atomic E-state index is 0. The molecule has 2 aromatic carbocycles. The molecule has 5 heteroatoms. The number of amides is 1. The summed E-state index contributed by atoms with van der Waals surface area (Å²) in [5.41, 5.74) is 2.16. The highest BCUT2D eigenvalue weighted by atomic mass is 35.5. The summed E-state index contributed by atoms with van der Waals surface area (Å²) >= 11 is 0. The molecular weight excluding hydrogens is 372 g/mol. The fraction of sp³-hybridized carbons (Fsp3) is 0.435. The van der Waals surface area contributed by atoms with Gasteiger partial charge in [-0.25, -0.2) is 0 Å². The maximum atomic E-state index is 12.4. The van der Waals surface area contributed by atoms with Crippen LogP contribution in [0, 0.1) is 5.92 Å². The normalized spacial score (nSPS) is 22.9. The van der Waals surface area contributed by atoms with Crippen LogP contribution in [0.2, 0.25) is 0 Å². The number of carbonyl (C=O) groups excluding carboxylic acids is 1. The van der Waals surface area contributed by atoms with Gasteiger partial charge in [0.1, 0.15) is 12.4 Å². The van der Waals surface area contributed by atoms with E-state index in [1.165, 1.54) is 12.8 Å². The lowest BCUT2D eigenvalue weighted by atomic mass is 9.89. The molecule has 150 valence electrons. The molecule has 0 spiro atoms. The lowest BCUT2D eigenvalue weighted by molar-refractivity contribution is -0.122. The zero-order chi connectivity index (χ0) is 18.5. The molecule has 2 bridgehead atoms. The van der Waals surface area contributed by atoms with Gasteiger partial charge in [-0.05, 0) is 43.2 Å². The number of halogens is 1. The summed E-state index contributed by atoms with van der Waals surface area (Å²) in [6.45, 7) is 1.05. The minimum Gasteiger partial charge on any atom is -0.489 e. The van der Waals surface area contributed by atoms with Crippen molar-refractivity contribution in [2.45, 2.75) is 57.3 Å². The van der Waals surface area contributed by atoms with E-state index in [4.69, 9.17) is 4.74 Å². The highest BCUT2D eigenvalue weighted by Crippen LogP contribution is 2.32. The molecular formula is C23H29ClN2O2. The van der Waals surface area contributed by atoms with E-state index >= 15 is 0 Å². The number of para-hydroxylation sites is 1. The second-order valence-corrected chi connectivity index (χ2v) is 7.84. The third-order valence-corrected chi connectivity index (χ3v) is 5.73. The van der Waals surface area contributed by atoms with Crippen molar-refractivity contribution in [3.8, 4) is 5.75 Å². The van der Waals surface area contributed by atoms with Crippen LogP contribution in [0.25, 0.3) is 0 Å². The first kappa shape index (κ1) is 20.7. The van der Waals surface area contributed by atoms with Crippen molar-refractivity contribution < 1.29 is 9.53 Å². The standard InChI is InChI=1S/C23H28N2O2.ClH/c26-23(14-18-12-20-10-11-21(13-18)25-20)24-15-19-8-4-5-9-22(19)27-16-17-6-2-1-3-7-17;/h1-9,18,20-21,25H,10-16H2,(H,24,26);1H. The largest absolute Gasteiger partial charge is 0.489 e. The minimum atomic E-state index is 0. The smallest absolute Gasteiger partial charge is 0.220 e. The zero-order valence-corrected chi connectivity index (χ0v) is 16.9. The Kier molecular flexibility index (Phi) is 7.35. The topological polar surface area (TPSA) is 50.4 Å². The highest BCUT2D eigenvalue weighted by Gasteiger charge is 2.34. The maximum Gasteiger partial charge on any atom is 0.220 e. The number of hydrogen-bond donors (Lipinski definition) is 2. The van der Waals surface area contributed by atoms with Crippen LogP contribution in [-0.2, 0) is 17.9 Å². The molecule has 4 rings (SSSR count). The summed E-state index contributed by atoms with van der Waals surface area (Å²) in [4.78, 5) is 12.4. The van der Waals surface area contributed by atoms with E-state index < -0.39 is 0 Å². The molecule has 2 unspecified atom stereocenters. The van der Waals surface area contributed by atoms with Crippen LogP contribution in [-0.4, -0.2) is 18.0 Å². The Morgan fingerprint density at radius 1 is 1.00 bits per heavy atom. The summed E-state index contributed by atoms with van der Waals surface area (Å²) in [6.07, 6.45) is 5.47.